The number of carbonyl (C=O) groups excluding carboxylic acids is 1. The van der Waals surface area contributed by atoms with Gasteiger partial charge in [0.05, 0.1) is 11.8 Å². The molecule has 7 heteroatoms. The number of nitrogens with two attached hydrogens (primary N) is 1. The van der Waals surface area contributed by atoms with Crippen LogP contribution < -0.4 is 15.8 Å². The van der Waals surface area contributed by atoms with Crippen LogP contribution in [-0.2, 0) is 10.0 Å². The first-order chi connectivity index (χ1) is 9.85. The predicted molar refractivity (Wildman–Crippen MR) is 83.7 cm³/mol. The SMILES string of the molecule is CS(=O)(=O)Nc1ccc(NC(=O)c2ccccc2N)cc1. The maximum absolute atomic E-state index is 12.0. The van der Waals surface area contributed by atoms with Gasteiger partial charge in [0.2, 0.25) is 10.0 Å². The van der Waals surface area contributed by atoms with E-state index in [0.29, 0.717) is 22.6 Å². The summed E-state index contributed by atoms with van der Waals surface area (Å²) in [5.74, 6) is -0.322. The average molecular weight is 305 g/mol. The van der Waals surface area contributed by atoms with Gasteiger partial charge in [-0.25, -0.2) is 8.42 Å². The van der Waals surface area contributed by atoms with E-state index in [1.165, 1.54) is 0 Å². The molecule has 0 atom stereocenters. The van der Waals surface area contributed by atoms with Crippen LogP contribution in [0.1, 0.15) is 10.4 Å². The van der Waals surface area contributed by atoms with E-state index in [-0.39, 0.29) is 5.91 Å². The Balaban J connectivity index is 2.10. The van der Waals surface area contributed by atoms with Gasteiger partial charge in [-0.05, 0) is 36.4 Å². The summed E-state index contributed by atoms with van der Waals surface area (Å²) in [6.45, 7) is 0. The number of sulfonamides is 1. The summed E-state index contributed by atoms with van der Waals surface area (Å²) in [4.78, 5) is 12.0. The minimum atomic E-state index is -3.32. The number of rotatable bonds is 4. The number of carbonyl (C=O) groups is 1. The summed E-state index contributed by atoms with van der Waals surface area (Å²) < 4.78 is 24.5. The van der Waals surface area contributed by atoms with E-state index in [9.17, 15) is 13.2 Å². The van der Waals surface area contributed by atoms with Crippen LogP contribution in [0.15, 0.2) is 48.5 Å². The van der Waals surface area contributed by atoms with E-state index >= 15 is 0 Å². The van der Waals surface area contributed by atoms with Gasteiger partial charge in [0.25, 0.3) is 5.91 Å². The molecule has 0 radical (unpaired) electrons. The van der Waals surface area contributed by atoms with E-state index in [4.69, 9.17) is 5.73 Å². The number of para-hydroxylation sites is 1. The summed E-state index contributed by atoms with van der Waals surface area (Å²) in [5.41, 5.74) is 7.48. The third-order valence-corrected chi connectivity index (χ3v) is 3.26. The Morgan fingerprint density at radius 2 is 1.57 bits per heavy atom. The Morgan fingerprint density at radius 3 is 2.14 bits per heavy atom. The molecule has 4 N–H and O–H groups in total. The van der Waals surface area contributed by atoms with Crippen LogP contribution >= 0.6 is 0 Å². The van der Waals surface area contributed by atoms with Crippen LogP contribution in [0.4, 0.5) is 17.1 Å². The molecule has 0 saturated heterocycles. The summed E-state index contributed by atoms with van der Waals surface area (Å²) in [5, 5.41) is 2.69. The molecule has 2 aromatic rings. The number of anilines is 3. The van der Waals surface area contributed by atoms with Crippen molar-refractivity contribution in [2.75, 3.05) is 22.0 Å². The van der Waals surface area contributed by atoms with E-state index in [1.54, 1.807) is 48.5 Å². The summed E-state index contributed by atoms with van der Waals surface area (Å²) in [7, 11) is -3.32. The highest BCUT2D eigenvalue weighted by Gasteiger charge is 2.09. The highest BCUT2D eigenvalue weighted by Crippen LogP contribution is 2.17. The molecule has 6 nitrogen and oxygen atoms in total. The molecular weight excluding hydrogens is 290 g/mol. The van der Waals surface area contributed by atoms with E-state index < -0.39 is 10.0 Å². The molecule has 0 fully saturated rings. The lowest BCUT2D eigenvalue weighted by Crippen LogP contribution is -2.14. The molecule has 2 aromatic carbocycles. The zero-order valence-electron chi connectivity index (χ0n) is 11.3. The molecular formula is C14H15N3O3S. The Morgan fingerprint density at radius 1 is 1.00 bits per heavy atom. The first-order valence-corrected chi connectivity index (χ1v) is 7.98. The van der Waals surface area contributed by atoms with E-state index in [2.05, 4.69) is 10.0 Å². The molecule has 1 amide bonds. The van der Waals surface area contributed by atoms with Crippen LogP contribution in [0, 0.1) is 0 Å². The molecule has 2 rings (SSSR count). The first kappa shape index (κ1) is 14.9. The molecule has 0 spiro atoms. The molecule has 0 heterocycles. The molecule has 0 aliphatic carbocycles. The van der Waals surface area contributed by atoms with Crippen molar-refractivity contribution < 1.29 is 13.2 Å². The molecule has 0 aromatic heterocycles. The van der Waals surface area contributed by atoms with Crippen molar-refractivity contribution in [1.82, 2.24) is 0 Å². The number of nitrogens with one attached hydrogen (secondary N) is 2. The Kier molecular flexibility index (Phi) is 4.13. The fraction of sp³-hybridized carbons (Fsp3) is 0.0714. The van der Waals surface area contributed by atoms with Crippen molar-refractivity contribution in [1.29, 1.82) is 0 Å². The van der Waals surface area contributed by atoms with Gasteiger partial charge in [0.1, 0.15) is 0 Å². The van der Waals surface area contributed by atoms with Gasteiger partial charge in [-0.2, -0.15) is 0 Å². The Hall–Kier alpha value is -2.54. The van der Waals surface area contributed by atoms with Crippen molar-refractivity contribution >= 4 is 33.0 Å². The Bertz CT molecular complexity index is 755. The second-order valence-electron chi connectivity index (χ2n) is 4.49. The minimum Gasteiger partial charge on any atom is -0.398 e. The topological polar surface area (TPSA) is 101 Å². The molecule has 0 aliphatic rings. The number of hydrogen-bond acceptors (Lipinski definition) is 4. The Labute approximate surface area is 123 Å². The van der Waals surface area contributed by atoms with Crippen LogP contribution in [-0.4, -0.2) is 20.6 Å². The maximum atomic E-state index is 12.0. The monoisotopic (exact) mass is 305 g/mol. The van der Waals surface area contributed by atoms with Gasteiger partial charge < -0.3 is 11.1 Å². The average Bonchev–Trinajstić information content (AvgIpc) is 2.40. The fourth-order valence-electron chi connectivity index (χ4n) is 1.74. The smallest absolute Gasteiger partial charge is 0.257 e. The first-order valence-electron chi connectivity index (χ1n) is 6.09. The lowest BCUT2D eigenvalue weighted by molar-refractivity contribution is 0.102. The quantitative estimate of drug-likeness (QED) is 0.751. The van der Waals surface area contributed by atoms with E-state index in [0.717, 1.165) is 6.26 Å². The van der Waals surface area contributed by atoms with E-state index in [1.807, 2.05) is 0 Å². The van der Waals surface area contributed by atoms with Crippen LogP contribution in [0.3, 0.4) is 0 Å². The second kappa shape index (κ2) is 5.84. The van der Waals surface area contributed by atoms with Gasteiger partial charge >= 0.3 is 0 Å². The second-order valence-corrected chi connectivity index (χ2v) is 6.24. The fourth-order valence-corrected chi connectivity index (χ4v) is 2.30. The van der Waals surface area contributed by atoms with Gasteiger partial charge in [-0.3, -0.25) is 9.52 Å². The van der Waals surface area contributed by atoms with Crippen LogP contribution in [0.25, 0.3) is 0 Å². The predicted octanol–water partition coefficient (Wildman–Crippen LogP) is 1.89. The molecule has 0 bridgehead atoms. The number of amides is 1. The number of benzene rings is 2. The van der Waals surface area contributed by atoms with Crippen molar-refractivity contribution in [2.24, 2.45) is 0 Å². The van der Waals surface area contributed by atoms with Crippen LogP contribution in [0.2, 0.25) is 0 Å². The third-order valence-electron chi connectivity index (χ3n) is 2.65. The molecule has 0 aliphatic heterocycles. The van der Waals surface area contributed by atoms with Crippen molar-refractivity contribution in [3.63, 3.8) is 0 Å². The van der Waals surface area contributed by atoms with Crippen molar-refractivity contribution in [3.05, 3.63) is 54.1 Å². The van der Waals surface area contributed by atoms with Gasteiger partial charge in [-0.15, -0.1) is 0 Å². The van der Waals surface area contributed by atoms with Gasteiger partial charge in [-0.1, -0.05) is 12.1 Å². The number of nitrogen functional groups attached to an aromatic ring is 1. The third kappa shape index (κ3) is 4.22. The zero-order valence-corrected chi connectivity index (χ0v) is 12.1. The van der Waals surface area contributed by atoms with Crippen molar-refractivity contribution in [3.8, 4) is 0 Å². The highest BCUT2D eigenvalue weighted by atomic mass is 32.2. The van der Waals surface area contributed by atoms with Crippen molar-refractivity contribution in [2.45, 2.75) is 0 Å². The maximum Gasteiger partial charge on any atom is 0.257 e. The normalized spacial score (nSPS) is 10.9. The molecule has 0 unspecified atom stereocenters. The van der Waals surface area contributed by atoms with Gasteiger partial charge in [0.15, 0.2) is 0 Å². The minimum absolute atomic E-state index is 0.322. The lowest BCUT2D eigenvalue weighted by atomic mass is 10.1. The highest BCUT2D eigenvalue weighted by molar-refractivity contribution is 7.92. The van der Waals surface area contributed by atoms with Gasteiger partial charge in [0, 0.05) is 17.1 Å². The standard InChI is InChI=1S/C14H15N3O3S/c1-21(19,20)17-11-8-6-10(7-9-11)16-14(18)12-4-2-3-5-13(12)15/h2-9,17H,15H2,1H3,(H,16,18). The molecule has 21 heavy (non-hydrogen) atoms. The summed E-state index contributed by atoms with van der Waals surface area (Å²) >= 11 is 0. The lowest BCUT2D eigenvalue weighted by Gasteiger charge is -2.08. The molecule has 0 saturated carbocycles. The summed E-state index contributed by atoms with van der Waals surface area (Å²) in [6.07, 6.45) is 1.07. The largest absolute Gasteiger partial charge is 0.398 e. The van der Waals surface area contributed by atoms with Crippen LogP contribution in [0.5, 0.6) is 0 Å². The molecule has 110 valence electrons. The summed E-state index contributed by atoms with van der Waals surface area (Å²) in [6, 6.07) is 13.1. The number of hydrogen-bond donors (Lipinski definition) is 3. The zero-order chi connectivity index (χ0) is 15.5.